The molecule has 0 bridgehead atoms. The molecule has 0 atom stereocenters. The number of benzene rings is 9. The van der Waals surface area contributed by atoms with E-state index in [1.807, 2.05) is 0 Å². The summed E-state index contributed by atoms with van der Waals surface area (Å²) in [5.41, 5.74) is 5.65. The second-order valence-corrected chi connectivity index (χ2v) is 35.1. The molecule has 3 heteroatoms. The molecule has 0 unspecified atom stereocenters. The van der Waals surface area contributed by atoms with Crippen molar-refractivity contribution in [2.24, 2.45) is 0 Å². The molecule has 0 saturated carbocycles. The number of hydrogen-bond donors (Lipinski definition) is 0. The minimum Gasteiger partial charge on any atom is -0.0631 e. The summed E-state index contributed by atoms with van der Waals surface area (Å²) in [4.78, 5) is 0. The molecule has 0 spiro atoms. The monoisotopic (exact) mass is 788 g/mol. The first-order valence-corrected chi connectivity index (χ1v) is 28.4. The molecule has 9 aromatic carbocycles. The molecular weight excluding hydrogens is 745 g/mol. The topological polar surface area (TPSA) is 0 Å². The Bertz CT molecular complexity index is 2600. The standard InChI is InChI=1S/C55H44Si3/c1-8-26-45(27-9-1)56(46-28-10-2-11-29-46,47-30-12-3-13-31-47)58(50-36-18-6-19-37-50,51-38-20-7-21-39-51)57(48-32-14-4-15-33-48,49-34-16-5-17-35-49)55-42-24-41-53-52-40-23-22-25-44(52)43-54(53)55/h1-42H,43H2. The van der Waals surface area contributed by atoms with E-state index in [9.17, 15) is 0 Å². The lowest BCUT2D eigenvalue weighted by molar-refractivity contribution is 1.28. The van der Waals surface area contributed by atoms with E-state index in [1.54, 1.807) is 0 Å². The highest BCUT2D eigenvalue weighted by Gasteiger charge is 2.72. The summed E-state index contributed by atoms with van der Waals surface area (Å²) in [6.07, 6.45) is 0.917. The van der Waals surface area contributed by atoms with E-state index in [4.69, 9.17) is 0 Å². The van der Waals surface area contributed by atoms with Crippen molar-refractivity contribution in [3.63, 3.8) is 0 Å². The van der Waals surface area contributed by atoms with Gasteiger partial charge in [-0.05, 0) is 33.9 Å². The van der Waals surface area contributed by atoms with Crippen molar-refractivity contribution in [1.82, 2.24) is 0 Å². The predicted molar refractivity (Wildman–Crippen MR) is 254 cm³/mol. The summed E-state index contributed by atoms with van der Waals surface area (Å²) in [5, 5.41) is 11.8. The summed E-state index contributed by atoms with van der Waals surface area (Å²) >= 11 is 0. The molecule has 0 aliphatic heterocycles. The van der Waals surface area contributed by atoms with Crippen molar-refractivity contribution >= 4 is 63.8 Å². The molecule has 276 valence electrons. The number of hydrogen-bond acceptors (Lipinski definition) is 0. The average Bonchev–Trinajstić information content (AvgIpc) is 3.71. The molecule has 58 heavy (non-hydrogen) atoms. The lowest BCUT2D eigenvalue weighted by Gasteiger charge is -2.59. The highest BCUT2D eigenvalue weighted by atomic mass is 29.6. The van der Waals surface area contributed by atoms with Crippen LogP contribution in [0.3, 0.4) is 0 Å². The van der Waals surface area contributed by atoms with Crippen LogP contribution in [-0.4, -0.2) is 22.3 Å². The van der Waals surface area contributed by atoms with E-state index >= 15 is 0 Å². The fourth-order valence-corrected chi connectivity index (χ4v) is 56.5. The molecule has 0 aromatic heterocycles. The Kier molecular flexibility index (Phi) is 9.43. The van der Waals surface area contributed by atoms with Crippen LogP contribution in [0, 0.1) is 0 Å². The van der Waals surface area contributed by atoms with Crippen LogP contribution < -0.4 is 41.5 Å². The molecule has 0 nitrogen and oxygen atoms in total. The molecule has 9 aromatic rings. The molecule has 1 aliphatic rings. The lowest BCUT2D eigenvalue weighted by atomic mass is 10.1. The third-order valence-electron chi connectivity index (χ3n) is 12.8. The molecule has 0 amide bonds. The minimum absolute atomic E-state index is 0.917. The molecular formula is C55H44Si3. The van der Waals surface area contributed by atoms with Crippen molar-refractivity contribution in [2.75, 3.05) is 0 Å². The van der Waals surface area contributed by atoms with Gasteiger partial charge in [0.25, 0.3) is 0 Å². The normalized spacial score (nSPS) is 12.4. The van der Waals surface area contributed by atoms with Gasteiger partial charge in [0, 0.05) is 0 Å². The maximum absolute atomic E-state index is 3.42. The Labute approximate surface area is 345 Å². The van der Waals surface area contributed by atoms with Crippen molar-refractivity contribution < 1.29 is 0 Å². The van der Waals surface area contributed by atoms with Crippen molar-refractivity contribution in [3.05, 3.63) is 266 Å². The average molecular weight is 789 g/mol. The van der Waals surface area contributed by atoms with E-state index in [0.717, 1.165) is 6.42 Å². The van der Waals surface area contributed by atoms with Gasteiger partial charge in [-0.1, -0.05) is 291 Å². The van der Waals surface area contributed by atoms with E-state index < -0.39 is 22.3 Å². The highest BCUT2D eigenvalue weighted by Crippen LogP contribution is 2.39. The van der Waals surface area contributed by atoms with Crippen LogP contribution >= 0.6 is 0 Å². The molecule has 0 fully saturated rings. The van der Waals surface area contributed by atoms with Crippen LogP contribution in [0.25, 0.3) is 11.1 Å². The van der Waals surface area contributed by atoms with Gasteiger partial charge in [0.1, 0.15) is 22.3 Å². The molecule has 0 N–H and O–H groups in total. The van der Waals surface area contributed by atoms with Gasteiger partial charge in [0.15, 0.2) is 0 Å². The van der Waals surface area contributed by atoms with Crippen molar-refractivity contribution in [2.45, 2.75) is 6.42 Å². The van der Waals surface area contributed by atoms with Crippen LogP contribution in [-0.2, 0) is 6.42 Å². The van der Waals surface area contributed by atoms with E-state index in [-0.39, 0.29) is 0 Å². The summed E-state index contributed by atoms with van der Waals surface area (Å²) in [6.45, 7) is 0. The van der Waals surface area contributed by atoms with Crippen LogP contribution in [0.1, 0.15) is 11.1 Å². The van der Waals surface area contributed by atoms with Gasteiger partial charge in [0.2, 0.25) is 0 Å². The fourth-order valence-electron chi connectivity index (χ4n) is 10.9. The molecule has 10 rings (SSSR count). The van der Waals surface area contributed by atoms with Gasteiger partial charge >= 0.3 is 0 Å². The maximum Gasteiger partial charge on any atom is 0.148 e. The third kappa shape index (κ3) is 5.31. The Morgan fingerprint density at radius 3 is 0.948 bits per heavy atom. The molecule has 1 aliphatic carbocycles. The second-order valence-electron chi connectivity index (χ2n) is 15.5. The Balaban J connectivity index is 1.57. The molecule has 0 radical (unpaired) electrons. The SMILES string of the molecule is c1ccc([Si](c2ccccc2)(c2ccccc2)[Si](c2ccccc2)(c2ccccc2)[Si](c2ccccc2)(c2ccccc2)c2cccc3c2Cc2ccccc2-3)cc1. The van der Waals surface area contributed by atoms with Crippen LogP contribution in [0.2, 0.25) is 0 Å². The zero-order chi connectivity index (χ0) is 38.8. The number of rotatable bonds is 10. The Morgan fingerprint density at radius 2 is 0.552 bits per heavy atom. The zero-order valence-electron chi connectivity index (χ0n) is 32.5. The summed E-state index contributed by atoms with van der Waals surface area (Å²) in [5.74, 6) is 0. The maximum atomic E-state index is 2.57. The lowest BCUT2D eigenvalue weighted by Crippen LogP contribution is -3.04. The van der Waals surface area contributed by atoms with Crippen LogP contribution in [0.5, 0.6) is 0 Å². The molecule has 0 heterocycles. The van der Waals surface area contributed by atoms with Gasteiger partial charge < -0.3 is 0 Å². The van der Waals surface area contributed by atoms with E-state index in [0.29, 0.717) is 0 Å². The Morgan fingerprint density at radius 1 is 0.241 bits per heavy atom. The van der Waals surface area contributed by atoms with Crippen LogP contribution in [0.15, 0.2) is 255 Å². The first kappa shape index (κ1) is 36.0. The Hall–Kier alpha value is -6.37. The van der Waals surface area contributed by atoms with E-state index in [2.05, 4.69) is 255 Å². The highest BCUT2D eigenvalue weighted by molar-refractivity contribution is 7.89. The van der Waals surface area contributed by atoms with Gasteiger partial charge in [-0.15, -0.1) is 0 Å². The molecule has 0 saturated heterocycles. The summed E-state index contributed by atoms with van der Waals surface area (Å²) in [6, 6.07) is 99.3. The van der Waals surface area contributed by atoms with Gasteiger partial charge in [-0.25, -0.2) is 0 Å². The zero-order valence-corrected chi connectivity index (χ0v) is 35.5. The van der Waals surface area contributed by atoms with Crippen molar-refractivity contribution in [1.29, 1.82) is 0 Å². The van der Waals surface area contributed by atoms with Gasteiger partial charge in [-0.2, -0.15) is 0 Å². The van der Waals surface area contributed by atoms with Crippen LogP contribution in [0.4, 0.5) is 0 Å². The fraction of sp³-hybridized carbons (Fsp3) is 0.0182. The van der Waals surface area contributed by atoms with Gasteiger partial charge in [0.05, 0.1) is 0 Å². The smallest absolute Gasteiger partial charge is 0.0631 e. The van der Waals surface area contributed by atoms with Gasteiger partial charge in [-0.3, -0.25) is 0 Å². The largest absolute Gasteiger partial charge is 0.148 e. The van der Waals surface area contributed by atoms with E-state index in [1.165, 1.54) is 63.7 Å². The summed E-state index contributed by atoms with van der Waals surface area (Å²) < 4.78 is 0. The number of fused-ring (bicyclic) bond motifs is 3. The first-order chi connectivity index (χ1) is 28.8. The van der Waals surface area contributed by atoms with Crippen molar-refractivity contribution in [3.8, 4) is 11.1 Å². The quantitative estimate of drug-likeness (QED) is 0.101. The second kappa shape index (κ2) is 15.2. The minimum atomic E-state index is -3.42. The first-order valence-electron chi connectivity index (χ1n) is 20.4. The third-order valence-corrected chi connectivity index (χ3v) is 46.9. The predicted octanol–water partition coefficient (Wildman–Crippen LogP) is 7.32. The summed E-state index contributed by atoms with van der Waals surface area (Å²) in [7, 11) is -10.1.